The minimum absolute atomic E-state index is 0.0233. The average Bonchev–Trinajstić information content (AvgIpc) is 3.27. The van der Waals surface area contributed by atoms with Gasteiger partial charge in [-0.25, -0.2) is 4.98 Å². The Morgan fingerprint density at radius 3 is 2.49 bits per heavy atom. The normalized spacial score (nSPS) is 18.5. The van der Waals surface area contributed by atoms with Crippen LogP contribution in [-0.2, 0) is 44.0 Å². The third-order valence-electron chi connectivity index (χ3n) is 6.66. The number of aromatic nitrogens is 1. The first-order valence-corrected chi connectivity index (χ1v) is 16.0. The summed E-state index contributed by atoms with van der Waals surface area (Å²) in [5.41, 5.74) is 2.51. The van der Waals surface area contributed by atoms with Gasteiger partial charge in [-0.05, 0) is 48.7 Å². The second kappa shape index (κ2) is 11.9. The van der Waals surface area contributed by atoms with E-state index in [0.717, 1.165) is 29.7 Å². The number of hydrogen-bond donors (Lipinski definition) is 0. The molecule has 1 atom stereocenters. The minimum Gasteiger partial charge on any atom is -0.382 e. The number of hydrogen-bond acceptors (Lipinski definition) is 8. The molecular weight excluding hydrogens is 607 g/mol. The minimum atomic E-state index is -3.73. The summed E-state index contributed by atoms with van der Waals surface area (Å²) < 4.78 is 40.4. The van der Waals surface area contributed by atoms with Gasteiger partial charge in [-0.3, -0.25) is 4.79 Å². The molecule has 1 saturated heterocycles. The second-order valence-electron chi connectivity index (χ2n) is 9.42. The van der Waals surface area contributed by atoms with E-state index in [1.165, 1.54) is 17.4 Å². The van der Waals surface area contributed by atoms with Crippen LogP contribution in [-0.4, -0.2) is 43.6 Å². The molecule has 0 N–H and O–H groups in total. The topological polar surface area (TPSA) is 95.0 Å². The fourth-order valence-electron chi connectivity index (χ4n) is 4.66. The third-order valence-corrected chi connectivity index (χ3v) is 9.12. The Morgan fingerprint density at radius 1 is 1.08 bits per heavy atom. The summed E-state index contributed by atoms with van der Waals surface area (Å²) in [5, 5.41) is 4.39. The lowest BCUT2D eigenvalue weighted by Crippen LogP contribution is -2.38. The fourth-order valence-corrected chi connectivity index (χ4v) is 6.75. The van der Waals surface area contributed by atoms with Crippen LogP contribution in [0.3, 0.4) is 0 Å². The molecule has 1 unspecified atom stereocenters. The summed E-state index contributed by atoms with van der Waals surface area (Å²) >= 11 is 20.2. The molecule has 39 heavy (non-hydrogen) atoms. The molecule has 8 nitrogen and oxygen atoms in total. The molecule has 0 bridgehead atoms. The van der Waals surface area contributed by atoms with Crippen LogP contribution in [0.15, 0.2) is 35.7 Å². The average molecular weight is 632 g/mol. The molecule has 3 aromatic rings. The molecule has 0 saturated carbocycles. The predicted molar refractivity (Wildman–Crippen MR) is 150 cm³/mol. The predicted octanol–water partition coefficient (Wildman–Crippen LogP) is 6.14. The van der Waals surface area contributed by atoms with Gasteiger partial charge in [0.1, 0.15) is 11.4 Å². The molecule has 2 aromatic carbocycles. The Labute approximate surface area is 245 Å². The van der Waals surface area contributed by atoms with E-state index in [1.54, 1.807) is 24.3 Å². The van der Waals surface area contributed by atoms with E-state index < -0.39 is 16.4 Å². The van der Waals surface area contributed by atoms with E-state index in [1.807, 2.05) is 10.3 Å². The number of carbonyl (C=O) groups excluding carboxylic acids is 1. The highest BCUT2D eigenvalue weighted by Gasteiger charge is 2.29. The van der Waals surface area contributed by atoms with E-state index in [4.69, 9.17) is 53.4 Å². The number of halogens is 3. The van der Waals surface area contributed by atoms with Crippen molar-refractivity contribution in [2.45, 2.75) is 44.7 Å². The summed E-state index contributed by atoms with van der Waals surface area (Å²) in [5.74, 6) is 0.406. The number of piperidine rings is 1. The molecular formula is C26H25Cl3N2O6S2. The number of fused-ring (bicyclic) bond motifs is 1. The molecule has 0 radical (unpaired) electrons. The van der Waals surface area contributed by atoms with Crippen LogP contribution in [0.5, 0.6) is 5.75 Å². The van der Waals surface area contributed by atoms with Gasteiger partial charge < -0.3 is 18.6 Å². The standard InChI is InChI=1S/C26H25Cl3N2O6S2/c1-39(33,34)37-23-5-4-21(29)18-12-35-26(36-13-19(18)23)22-14-38-25(30-22)15-6-8-31(9-7-15)24(32)11-16-10-17(27)2-3-20(16)28/h2-5,10,14-15,26H,6-9,11-13H2,1H3. The van der Waals surface area contributed by atoms with Crippen molar-refractivity contribution in [3.8, 4) is 5.75 Å². The van der Waals surface area contributed by atoms with Gasteiger partial charge in [0.2, 0.25) is 12.2 Å². The third kappa shape index (κ3) is 6.87. The molecule has 3 heterocycles. The van der Waals surface area contributed by atoms with Gasteiger partial charge in [0.15, 0.2) is 0 Å². The maximum absolute atomic E-state index is 12.9. The van der Waals surface area contributed by atoms with Gasteiger partial charge in [0.25, 0.3) is 0 Å². The second-order valence-corrected chi connectivity index (χ2v) is 13.1. The summed E-state index contributed by atoms with van der Waals surface area (Å²) in [4.78, 5) is 19.5. The van der Waals surface area contributed by atoms with Gasteiger partial charge in [-0.1, -0.05) is 34.8 Å². The van der Waals surface area contributed by atoms with Crippen molar-refractivity contribution in [2.24, 2.45) is 0 Å². The van der Waals surface area contributed by atoms with Crippen molar-refractivity contribution in [2.75, 3.05) is 19.3 Å². The first kappa shape index (κ1) is 28.6. The SMILES string of the molecule is CS(=O)(=O)Oc1ccc(Cl)c2c1COC(c1csc(C3CCN(C(=O)Cc4cc(Cl)ccc4Cl)CC3)n1)OC2. The summed E-state index contributed by atoms with van der Waals surface area (Å²) in [6, 6.07) is 8.22. The van der Waals surface area contributed by atoms with Crippen LogP contribution in [0.2, 0.25) is 15.1 Å². The molecule has 1 amide bonds. The zero-order valence-electron chi connectivity index (χ0n) is 20.9. The molecule has 1 fully saturated rings. The van der Waals surface area contributed by atoms with E-state index in [2.05, 4.69) is 0 Å². The van der Waals surface area contributed by atoms with Gasteiger partial charge in [0, 0.05) is 50.6 Å². The van der Waals surface area contributed by atoms with Crippen LogP contribution in [0.25, 0.3) is 0 Å². The van der Waals surface area contributed by atoms with Gasteiger partial charge in [-0.15, -0.1) is 11.3 Å². The van der Waals surface area contributed by atoms with E-state index in [0.29, 0.717) is 45.0 Å². The Kier molecular flexibility index (Phi) is 8.73. The van der Waals surface area contributed by atoms with Crippen molar-refractivity contribution in [1.29, 1.82) is 0 Å². The zero-order valence-corrected chi connectivity index (χ0v) is 24.8. The number of amides is 1. The number of thiazole rings is 1. The lowest BCUT2D eigenvalue weighted by atomic mass is 9.97. The monoisotopic (exact) mass is 630 g/mol. The van der Waals surface area contributed by atoms with E-state index in [9.17, 15) is 13.2 Å². The quantitative estimate of drug-likeness (QED) is 0.302. The highest BCUT2D eigenvalue weighted by atomic mass is 35.5. The Balaban J connectivity index is 1.20. The number of carbonyl (C=O) groups is 1. The maximum Gasteiger partial charge on any atom is 0.306 e. The van der Waals surface area contributed by atoms with Crippen LogP contribution < -0.4 is 4.18 Å². The molecule has 208 valence electrons. The number of nitrogens with zero attached hydrogens (tertiary/aromatic N) is 2. The highest BCUT2D eigenvalue weighted by Crippen LogP contribution is 2.38. The molecule has 1 aromatic heterocycles. The summed E-state index contributed by atoms with van der Waals surface area (Å²) in [6.45, 7) is 1.42. The number of benzene rings is 2. The van der Waals surface area contributed by atoms with Crippen LogP contribution in [0.1, 0.15) is 52.4 Å². The Morgan fingerprint density at radius 2 is 1.77 bits per heavy atom. The van der Waals surface area contributed by atoms with E-state index >= 15 is 0 Å². The molecule has 2 aliphatic rings. The van der Waals surface area contributed by atoms with Crippen LogP contribution in [0, 0.1) is 0 Å². The first-order chi connectivity index (χ1) is 18.6. The number of ether oxygens (including phenoxy) is 2. The van der Waals surface area contributed by atoms with Crippen molar-refractivity contribution in [3.63, 3.8) is 0 Å². The molecule has 0 spiro atoms. The Hall–Kier alpha value is -1.92. The first-order valence-electron chi connectivity index (χ1n) is 12.2. The summed E-state index contributed by atoms with van der Waals surface area (Å²) in [7, 11) is -3.73. The molecule has 0 aliphatic carbocycles. The highest BCUT2D eigenvalue weighted by molar-refractivity contribution is 7.86. The van der Waals surface area contributed by atoms with Crippen molar-refractivity contribution in [1.82, 2.24) is 9.88 Å². The molecule has 5 rings (SSSR count). The lowest BCUT2D eigenvalue weighted by molar-refractivity contribution is -0.155. The van der Waals surface area contributed by atoms with Crippen molar-refractivity contribution in [3.05, 3.63) is 78.2 Å². The van der Waals surface area contributed by atoms with Gasteiger partial charge in [-0.2, -0.15) is 8.42 Å². The van der Waals surface area contributed by atoms with Gasteiger partial charge in [0.05, 0.1) is 30.9 Å². The maximum atomic E-state index is 12.9. The smallest absolute Gasteiger partial charge is 0.306 e. The lowest BCUT2D eigenvalue weighted by Gasteiger charge is -2.31. The fraction of sp³-hybridized carbons (Fsp3) is 0.385. The van der Waals surface area contributed by atoms with Crippen molar-refractivity contribution >= 4 is 62.2 Å². The zero-order chi connectivity index (χ0) is 27.7. The van der Waals surface area contributed by atoms with Crippen LogP contribution in [0.4, 0.5) is 0 Å². The van der Waals surface area contributed by atoms with E-state index in [-0.39, 0.29) is 37.2 Å². The molecule has 2 aliphatic heterocycles. The molecule has 13 heteroatoms. The number of likely N-dealkylation sites (tertiary alicyclic amines) is 1. The van der Waals surface area contributed by atoms with Gasteiger partial charge >= 0.3 is 10.1 Å². The van der Waals surface area contributed by atoms with Crippen molar-refractivity contribution < 1.29 is 26.9 Å². The Bertz CT molecular complexity index is 1490. The largest absolute Gasteiger partial charge is 0.382 e. The number of rotatable bonds is 6. The summed E-state index contributed by atoms with van der Waals surface area (Å²) in [6.07, 6.45) is 2.04. The van der Waals surface area contributed by atoms with Crippen LogP contribution >= 0.6 is 46.1 Å².